The number of carbonyl (C=O) groups is 1. The molecule has 3 aromatic rings. The lowest BCUT2D eigenvalue weighted by Gasteiger charge is -2.28. The molecule has 0 saturated carbocycles. The standard InChI is InChI=1S/C19H16N2O2/c22-19(21-11-5-9-14-6-3-4-10-17(14)21)23-18-12-15-7-1-2-8-16(15)13-20-18/h1-4,6-8,10,12-13H,5,9,11H2. The van der Waals surface area contributed by atoms with Crippen molar-refractivity contribution in [2.45, 2.75) is 12.8 Å². The minimum atomic E-state index is -0.375. The second kappa shape index (κ2) is 5.72. The first-order chi connectivity index (χ1) is 11.3. The Morgan fingerprint density at radius 1 is 1.04 bits per heavy atom. The van der Waals surface area contributed by atoms with Gasteiger partial charge in [0, 0.05) is 24.2 Å². The SMILES string of the molecule is O=C(Oc1cc2ccccc2cn1)N1CCCc2ccccc21. The van der Waals surface area contributed by atoms with Gasteiger partial charge >= 0.3 is 6.09 Å². The first-order valence-corrected chi connectivity index (χ1v) is 7.73. The molecule has 0 spiro atoms. The predicted molar refractivity (Wildman–Crippen MR) is 89.9 cm³/mol. The Kier molecular flexibility index (Phi) is 3.42. The van der Waals surface area contributed by atoms with Gasteiger partial charge in [0.25, 0.3) is 0 Å². The van der Waals surface area contributed by atoms with Crippen LogP contribution in [0, 0.1) is 0 Å². The Morgan fingerprint density at radius 3 is 2.74 bits per heavy atom. The number of carbonyl (C=O) groups excluding carboxylic acids is 1. The second-order valence-electron chi connectivity index (χ2n) is 5.62. The molecule has 114 valence electrons. The van der Waals surface area contributed by atoms with Gasteiger partial charge in [0.15, 0.2) is 0 Å². The number of fused-ring (bicyclic) bond motifs is 2. The van der Waals surface area contributed by atoms with Gasteiger partial charge in [-0.1, -0.05) is 42.5 Å². The number of pyridine rings is 1. The summed E-state index contributed by atoms with van der Waals surface area (Å²) in [7, 11) is 0. The molecule has 0 aliphatic carbocycles. The van der Waals surface area contributed by atoms with Crippen molar-refractivity contribution in [2.75, 3.05) is 11.4 Å². The van der Waals surface area contributed by atoms with E-state index in [-0.39, 0.29) is 6.09 Å². The van der Waals surface area contributed by atoms with Crippen LogP contribution in [0.25, 0.3) is 10.8 Å². The summed E-state index contributed by atoms with van der Waals surface area (Å²) in [6.45, 7) is 0.670. The van der Waals surface area contributed by atoms with Gasteiger partial charge in [-0.25, -0.2) is 9.78 Å². The third-order valence-electron chi connectivity index (χ3n) is 4.13. The zero-order valence-electron chi connectivity index (χ0n) is 12.6. The monoisotopic (exact) mass is 304 g/mol. The predicted octanol–water partition coefficient (Wildman–Crippen LogP) is 4.19. The third-order valence-corrected chi connectivity index (χ3v) is 4.13. The third kappa shape index (κ3) is 2.63. The van der Waals surface area contributed by atoms with Crippen LogP contribution in [0.1, 0.15) is 12.0 Å². The number of aromatic nitrogens is 1. The number of hydrogen-bond donors (Lipinski definition) is 0. The van der Waals surface area contributed by atoms with E-state index in [1.807, 2.05) is 42.5 Å². The summed E-state index contributed by atoms with van der Waals surface area (Å²) in [6, 6.07) is 17.6. The number of hydrogen-bond acceptors (Lipinski definition) is 3. The number of benzene rings is 2. The molecule has 0 fully saturated rings. The van der Waals surface area contributed by atoms with Crippen molar-refractivity contribution >= 4 is 22.6 Å². The molecule has 2 aromatic carbocycles. The van der Waals surface area contributed by atoms with Crippen LogP contribution in [0.5, 0.6) is 5.88 Å². The highest BCUT2D eigenvalue weighted by Crippen LogP contribution is 2.27. The average Bonchev–Trinajstić information content (AvgIpc) is 2.61. The number of para-hydroxylation sites is 1. The normalized spacial score (nSPS) is 13.7. The van der Waals surface area contributed by atoms with Gasteiger partial charge in [0.05, 0.1) is 5.69 Å². The average molecular weight is 304 g/mol. The summed E-state index contributed by atoms with van der Waals surface area (Å²) in [4.78, 5) is 18.4. The summed E-state index contributed by atoms with van der Waals surface area (Å²) in [5.74, 6) is 0.330. The van der Waals surface area contributed by atoms with E-state index in [1.165, 1.54) is 5.56 Å². The smallest absolute Gasteiger partial charge is 0.391 e. The fourth-order valence-corrected chi connectivity index (χ4v) is 2.99. The molecule has 23 heavy (non-hydrogen) atoms. The molecule has 0 radical (unpaired) electrons. The molecule has 4 rings (SSSR count). The van der Waals surface area contributed by atoms with Gasteiger partial charge < -0.3 is 4.74 Å². The van der Waals surface area contributed by atoms with Crippen LogP contribution in [-0.2, 0) is 6.42 Å². The maximum absolute atomic E-state index is 12.5. The molecule has 2 heterocycles. The molecule has 0 N–H and O–H groups in total. The van der Waals surface area contributed by atoms with E-state index in [9.17, 15) is 4.79 Å². The summed E-state index contributed by atoms with van der Waals surface area (Å²) in [5.41, 5.74) is 2.12. The molecule has 4 nitrogen and oxygen atoms in total. The van der Waals surface area contributed by atoms with E-state index in [2.05, 4.69) is 11.1 Å². The number of rotatable bonds is 1. The zero-order valence-corrected chi connectivity index (χ0v) is 12.6. The van der Waals surface area contributed by atoms with Gasteiger partial charge in [-0.3, -0.25) is 4.90 Å². The van der Waals surface area contributed by atoms with E-state index in [4.69, 9.17) is 4.74 Å². The topological polar surface area (TPSA) is 42.4 Å². The highest BCUT2D eigenvalue weighted by atomic mass is 16.6. The van der Waals surface area contributed by atoms with Gasteiger partial charge in [-0.2, -0.15) is 0 Å². The molecule has 1 aliphatic rings. The maximum atomic E-state index is 12.5. The van der Waals surface area contributed by atoms with Crippen LogP contribution >= 0.6 is 0 Å². The molecule has 0 atom stereocenters. The summed E-state index contributed by atoms with van der Waals surface area (Å²) in [6.07, 6.45) is 3.29. The molecule has 0 bridgehead atoms. The van der Waals surface area contributed by atoms with Crippen molar-refractivity contribution in [3.63, 3.8) is 0 Å². The Hall–Kier alpha value is -2.88. The second-order valence-corrected chi connectivity index (χ2v) is 5.62. The van der Waals surface area contributed by atoms with Crippen molar-refractivity contribution in [3.8, 4) is 5.88 Å². The largest absolute Gasteiger partial charge is 0.421 e. The van der Waals surface area contributed by atoms with Crippen molar-refractivity contribution in [3.05, 3.63) is 66.4 Å². The Labute approximate surface area is 134 Å². The highest BCUT2D eigenvalue weighted by Gasteiger charge is 2.24. The number of nitrogens with zero attached hydrogens (tertiary/aromatic N) is 2. The number of ether oxygens (including phenoxy) is 1. The molecule has 0 saturated heterocycles. The minimum absolute atomic E-state index is 0.330. The van der Waals surface area contributed by atoms with Crippen LogP contribution in [0.4, 0.5) is 10.5 Å². The van der Waals surface area contributed by atoms with Gasteiger partial charge in [0.1, 0.15) is 0 Å². The van der Waals surface area contributed by atoms with E-state index in [0.717, 1.165) is 29.3 Å². The molecule has 0 unspecified atom stereocenters. The molecule has 1 aliphatic heterocycles. The highest BCUT2D eigenvalue weighted by molar-refractivity contribution is 5.91. The van der Waals surface area contributed by atoms with Crippen molar-refractivity contribution in [1.29, 1.82) is 0 Å². The lowest BCUT2D eigenvalue weighted by Crippen LogP contribution is -2.37. The van der Waals surface area contributed by atoms with Crippen LogP contribution in [-0.4, -0.2) is 17.6 Å². The van der Waals surface area contributed by atoms with Crippen LogP contribution < -0.4 is 9.64 Å². The molecule has 1 aromatic heterocycles. The fraction of sp³-hybridized carbons (Fsp3) is 0.158. The summed E-state index contributed by atoms with van der Waals surface area (Å²) >= 11 is 0. The first kappa shape index (κ1) is 13.8. The first-order valence-electron chi connectivity index (χ1n) is 7.73. The number of aryl methyl sites for hydroxylation is 1. The van der Waals surface area contributed by atoms with Gasteiger partial charge in [-0.15, -0.1) is 0 Å². The van der Waals surface area contributed by atoms with Crippen LogP contribution in [0.2, 0.25) is 0 Å². The van der Waals surface area contributed by atoms with E-state index < -0.39 is 0 Å². The number of anilines is 1. The number of amides is 1. The Balaban J connectivity index is 1.60. The fourth-order valence-electron chi connectivity index (χ4n) is 2.99. The van der Waals surface area contributed by atoms with Crippen molar-refractivity contribution in [1.82, 2.24) is 4.98 Å². The molecule has 1 amide bonds. The van der Waals surface area contributed by atoms with Crippen LogP contribution in [0.3, 0.4) is 0 Å². The minimum Gasteiger partial charge on any atom is -0.391 e. The van der Waals surface area contributed by atoms with Gasteiger partial charge in [0.2, 0.25) is 5.88 Å². The quantitative estimate of drug-likeness (QED) is 0.677. The maximum Gasteiger partial charge on any atom is 0.421 e. The van der Waals surface area contributed by atoms with Gasteiger partial charge in [-0.05, 0) is 29.9 Å². The van der Waals surface area contributed by atoms with Crippen LogP contribution in [0.15, 0.2) is 60.8 Å². The summed E-state index contributed by atoms with van der Waals surface area (Å²) in [5, 5.41) is 2.03. The summed E-state index contributed by atoms with van der Waals surface area (Å²) < 4.78 is 5.49. The van der Waals surface area contributed by atoms with E-state index >= 15 is 0 Å². The Bertz CT molecular complexity index is 876. The zero-order chi connectivity index (χ0) is 15.6. The Morgan fingerprint density at radius 2 is 1.83 bits per heavy atom. The van der Waals surface area contributed by atoms with Crippen molar-refractivity contribution in [2.24, 2.45) is 0 Å². The molecular weight excluding hydrogens is 288 g/mol. The lowest BCUT2D eigenvalue weighted by molar-refractivity contribution is 0.205. The molecule has 4 heteroatoms. The van der Waals surface area contributed by atoms with E-state index in [0.29, 0.717) is 12.4 Å². The van der Waals surface area contributed by atoms with E-state index in [1.54, 1.807) is 17.2 Å². The van der Waals surface area contributed by atoms with Crippen molar-refractivity contribution < 1.29 is 9.53 Å². The molecular formula is C19H16N2O2. The lowest BCUT2D eigenvalue weighted by atomic mass is 10.0.